The molecule has 2 aromatic rings. The number of rotatable bonds is 6. The summed E-state index contributed by atoms with van der Waals surface area (Å²) in [5, 5.41) is 0.452. The minimum Gasteiger partial charge on any atom is -0.373 e. The number of hydrogen-bond acceptors (Lipinski definition) is 3. The van der Waals surface area contributed by atoms with Crippen molar-refractivity contribution in [1.82, 2.24) is 4.72 Å². The molecule has 0 aromatic heterocycles. The predicted octanol–water partition coefficient (Wildman–Crippen LogP) is 5.26. The van der Waals surface area contributed by atoms with E-state index in [4.69, 9.17) is 23.2 Å². The Hall–Kier alpha value is -1.48. The first kappa shape index (κ1) is 23.8. The molecule has 1 unspecified atom stereocenters. The number of halogens is 5. The largest absolute Gasteiger partial charge is 0.406 e. The topological polar surface area (TPSA) is 49.4 Å². The molecule has 29 heavy (non-hydrogen) atoms. The number of nitrogens with zero attached hydrogens (tertiary/aromatic N) is 1. The molecule has 4 nitrogen and oxygen atoms in total. The first-order chi connectivity index (χ1) is 13.2. The van der Waals surface area contributed by atoms with Crippen molar-refractivity contribution in [3.63, 3.8) is 0 Å². The highest BCUT2D eigenvalue weighted by Crippen LogP contribution is 2.29. The summed E-state index contributed by atoms with van der Waals surface area (Å²) in [6.45, 7) is 4.25. The average molecular weight is 469 g/mol. The zero-order valence-electron chi connectivity index (χ0n) is 16.2. The molecule has 2 aromatic carbocycles. The van der Waals surface area contributed by atoms with Crippen molar-refractivity contribution in [1.29, 1.82) is 0 Å². The van der Waals surface area contributed by atoms with Gasteiger partial charge in [-0.15, -0.1) is 0 Å². The number of benzene rings is 2. The zero-order valence-corrected chi connectivity index (χ0v) is 18.6. The number of sulfonamides is 1. The molecular weight excluding hydrogens is 448 g/mol. The van der Waals surface area contributed by atoms with Crippen LogP contribution in [0.15, 0.2) is 35.2 Å². The highest BCUT2D eigenvalue weighted by Gasteiger charge is 2.43. The van der Waals surface area contributed by atoms with Gasteiger partial charge in [-0.1, -0.05) is 40.9 Å². The molecule has 0 aliphatic carbocycles. The second kappa shape index (κ2) is 8.71. The van der Waals surface area contributed by atoms with Crippen LogP contribution in [0.3, 0.4) is 0 Å². The van der Waals surface area contributed by atoms with Crippen molar-refractivity contribution in [2.75, 3.05) is 18.5 Å². The highest BCUT2D eigenvalue weighted by atomic mass is 35.5. The molecule has 1 atom stereocenters. The minimum atomic E-state index is -4.80. The standard InChI is InChI=1S/C19H21Cl2F3N2O2S/c1-11-7-12(2)18(13(3)8-11)29(27,28)25-17(19(22,23)24)10-26(4)14-5-6-15(20)16(21)9-14/h5-9,17,25H,10H2,1-4H3. The van der Waals surface area contributed by atoms with Gasteiger partial charge in [0.1, 0.15) is 6.04 Å². The average Bonchev–Trinajstić information content (AvgIpc) is 2.54. The second-order valence-corrected chi connectivity index (χ2v) is 9.39. The van der Waals surface area contributed by atoms with Crippen LogP contribution < -0.4 is 9.62 Å². The van der Waals surface area contributed by atoms with Crippen LogP contribution in [0.4, 0.5) is 18.9 Å². The Bertz CT molecular complexity index is 988. The summed E-state index contributed by atoms with van der Waals surface area (Å²) in [7, 11) is -3.00. The van der Waals surface area contributed by atoms with Crippen LogP contribution in [-0.2, 0) is 10.0 Å². The van der Waals surface area contributed by atoms with Gasteiger partial charge in [0.25, 0.3) is 0 Å². The Balaban J connectivity index is 2.35. The quantitative estimate of drug-likeness (QED) is 0.628. The number of hydrogen-bond donors (Lipinski definition) is 1. The van der Waals surface area contributed by atoms with E-state index in [-0.39, 0.29) is 14.9 Å². The van der Waals surface area contributed by atoms with Gasteiger partial charge < -0.3 is 4.90 Å². The van der Waals surface area contributed by atoms with E-state index in [1.165, 1.54) is 30.1 Å². The van der Waals surface area contributed by atoms with Gasteiger partial charge in [0, 0.05) is 19.3 Å². The first-order valence-corrected chi connectivity index (χ1v) is 10.8. The Morgan fingerprint density at radius 1 is 1.03 bits per heavy atom. The van der Waals surface area contributed by atoms with Crippen LogP contribution >= 0.6 is 23.2 Å². The summed E-state index contributed by atoms with van der Waals surface area (Å²) < 4.78 is 68.4. The molecule has 160 valence electrons. The first-order valence-electron chi connectivity index (χ1n) is 8.55. The van der Waals surface area contributed by atoms with E-state index >= 15 is 0 Å². The van der Waals surface area contributed by atoms with Gasteiger partial charge in [-0.25, -0.2) is 8.42 Å². The molecule has 0 aliphatic heterocycles. The molecule has 0 fully saturated rings. The number of nitrogens with one attached hydrogen (secondary N) is 1. The molecular formula is C19H21Cl2F3N2O2S. The van der Waals surface area contributed by atoms with Crippen LogP contribution in [0.1, 0.15) is 16.7 Å². The maximum absolute atomic E-state index is 13.7. The number of likely N-dealkylation sites (N-methyl/N-ethyl adjacent to an activating group) is 1. The summed E-state index contributed by atoms with van der Waals surface area (Å²) in [6, 6.07) is 5.29. The third kappa shape index (κ3) is 5.78. The highest BCUT2D eigenvalue weighted by molar-refractivity contribution is 7.89. The molecule has 2 rings (SSSR count). The van der Waals surface area contributed by atoms with E-state index in [0.717, 1.165) is 5.56 Å². The molecule has 1 N–H and O–H groups in total. The van der Waals surface area contributed by atoms with Gasteiger partial charge in [-0.3, -0.25) is 0 Å². The fraction of sp³-hybridized carbons (Fsp3) is 0.368. The Morgan fingerprint density at radius 2 is 1.59 bits per heavy atom. The van der Waals surface area contributed by atoms with Gasteiger partial charge in [-0.2, -0.15) is 17.9 Å². The monoisotopic (exact) mass is 468 g/mol. The molecule has 0 spiro atoms. The Morgan fingerprint density at radius 3 is 2.07 bits per heavy atom. The van der Waals surface area contributed by atoms with Crippen molar-refractivity contribution < 1.29 is 21.6 Å². The third-order valence-corrected chi connectivity index (χ3v) is 6.88. The second-order valence-electron chi connectivity index (χ2n) is 6.92. The van der Waals surface area contributed by atoms with Crippen LogP contribution in [0, 0.1) is 20.8 Å². The summed E-state index contributed by atoms with van der Waals surface area (Å²) in [5.41, 5.74) is 1.96. The number of aryl methyl sites for hydroxylation is 3. The molecule has 0 bridgehead atoms. The lowest BCUT2D eigenvalue weighted by atomic mass is 10.1. The fourth-order valence-corrected chi connectivity index (χ4v) is 5.10. The summed E-state index contributed by atoms with van der Waals surface area (Å²) in [6.07, 6.45) is -4.80. The van der Waals surface area contributed by atoms with Crippen molar-refractivity contribution >= 4 is 38.9 Å². The Labute approximate surface area is 178 Å². The summed E-state index contributed by atoms with van der Waals surface area (Å²) in [5.74, 6) is 0. The van der Waals surface area contributed by atoms with Crippen LogP contribution in [0.2, 0.25) is 10.0 Å². The SMILES string of the molecule is Cc1cc(C)c(S(=O)(=O)NC(CN(C)c2ccc(Cl)c(Cl)c2)C(F)(F)F)c(C)c1. The van der Waals surface area contributed by atoms with Crippen molar-refractivity contribution in [2.24, 2.45) is 0 Å². The fourth-order valence-electron chi connectivity index (χ4n) is 3.15. The van der Waals surface area contributed by atoms with E-state index in [1.807, 2.05) is 4.72 Å². The molecule has 0 heterocycles. The van der Waals surface area contributed by atoms with E-state index < -0.39 is 28.8 Å². The van der Waals surface area contributed by atoms with Crippen LogP contribution in [0.5, 0.6) is 0 Å². The van der Waals surface area contributed by atoms with Crippen molar-refractivity contribution in [3.05, 3.63) is 57.1 Å². The predicted molar refractivity (Wildman–Crippen MR) is 111 cm³/mol. The van der Waals surface area contributed by atoms with Crippen LogP contribution in [0.25, 0.3) is 0 Å². The Kier molecular flexibility index (Phi) is 7.15. The van der Waals surface area contributed by atoms with Crippen molar-refractivity contribution in [2.45, 2.75) is 37.9 Å². The summed E-state index contributed by atoms with van der Waals surface area (Å²) in [4.78, 5) is 1.12. The molecule has 0 aliphatic rings. The van der Waals surface area contributed by atoms with Gasteiger partial charge in [-0.05, 0) is 50.1 Å². The smallest absolute Gasteiger partial charge is 0.373 e. The van der Waals surface area contributed by atoms with E-state index in [9.17, 15) is 21.6 Å². The molecule has 0 saturated heterocycles. The minimum absolute atomic E-state index is 0.144. The van der Waals surface area contributed by atoms with Crippen molar-refractivity contribution in [3.8, 4) is 0 Å². The molecule has 10 heteroatoms. The van der Waals surface area contributed by atoms with Gasteiger partial charge in [0.2, 0.25) is 10.0 Å². The lowest BCUT2D eigenvalue weighted by Crippen LogP contribution is -2.51. The lowest BCUT2D eigenvalue weighted by molar-refractivity contribution is -0.148. The van der Waals surface area contributed by atoms with E-state index in [1.54, 1.807) is 32.9 Å². The molecule has 0 radical (unpaired) electrons. The lowest BCUT2D eigenvalue weighted by Gasteiger charge is -2.28. The molecule has 0 amide bonds. The maximum atomic E-state index is 13.7. The maximum Gasteiger partial charge on any atom is 0.406 e. The molecule has 0 saturated carbocycles. The third-order valence-electron chi connectivity index (χ3n) is 4.37. The van der Waals surface area contributed by atoms with Gasteiger partial charge >= 0.3 is 6.18 Å². The van der Waals surface area contributed by atoms with Crippen LogP contribution in [-0.4, -0.2) is 34.2 Å². The van der Waals surface area contributed by atoms with E-state index in [2.05, 4.69) is 0 Å². The summed E-state index contributed by atoms with van der Waals surface area (Å²) >= 11 is 11.8. The van der Waals surface area contributed by atoms with Gasteiger partial charge in [0.05, 0.1) is 14.9 Å². The van der Waals surface area contributed by atoms with Gasteiger partial charge in [0.15, 0.2) is 0 Å². The normalized spacial score (nSPS) is 13.4. The number of alkyl halides is 3. The number of anilines is 1. The van der Waals surface area contributed by atoms with E-state index in [0.29, 0.717) is 16.8 Å². The zero-order chi connectivity index (χ0) is 22.1.